The Morgan fingerprint density at radius 2 is 1.70 bits per heavy atom. The second kappa shape index (κ2) is 12.0. The molecule has 2 fully saturated rings. The average Bonchev–Trinajstić information content (AvgIpc) is 3.17. The van der Waals surface area contributed by atoms with Crippen molar-refractivity contribution in [2.24, 2.45) is 0 Å². The molecule has 6 rings (SSSR count). The molecule has 4 heterocycles. The van der Waals surface area contributed by atoms with Gasteiger partial charge < -0.3 is 29.3 Å². The lowest BCUT2D eigenvalue weighted by Gasteiger charge is -2.41. The molecule has 2 unspecified atom stereocenters. The lowest BCUT2D eigenvalue weighted by Crippen LogP contribution is -2.55. The molecule has 2 aromatic carbocycles. The zero-order valence-electron chi connectivity index (χ0n) is 26.2. The van der Waals surface area contributed by atoms with Crippen LogP contribution in [0.2, 0.25) is 0 Å². The maximum atomic E-state index is 14.0. The van der Waals surface area contributed by atoms with Crippen molar-refractivity contribution in [1.29, 1.82) is 0 Å². The molecule has 1 N–H and O–H groups in total. The molecule has 0 spiro atoms. The van der Waals surface area contributed by atoms with Crippen LogP contribution in [0.1, 0.15) is 72.4 Å². The van der Waals surface area contributed by atoms with E-state index < -0.39 is 23.8 Å². The highest BCUT2D eigenvalue weighted by atomic mass is 16.6. The Hall–Kier alpha value is -3.63. The molecule has 0 radical (unpaired) electrons. The molecule has 10 nitrogen and oxygen atoms in total. The van der Waals surface area contributed by atoms with Gasteiger partial charge in [-0.1, -0.05) is 24.3 Å². The molecule has 44 heavy (non-hydrogen) atoms. The van der Waals surface area contributed by atoms with E-state index in [9.17, 15) is 19.5 Å². The summed E-state index contributed by atoms with van der Waals surface area (Å²) in [5.41, 5.74) is 3.25. The lowest BCUT2D eigenvalue weighted by atomic mass is 9.91. The minimum absolute atomic E-state index is 0.0107. The van der Waals surface area contributed by atoms with Crippen LogP contribution >= 0.6 is 0 Å². The van der Waals surface area contributed by atoms with Gasteiger partial charge in [-0.15, -0.1) is 0 Å². The summed E-state index contributed by atoms with van der Waals surface area (Å²) >= 11 is 0. The van der Waals surface area contributed by atoms with E-state index in [-0.39, 0.29) is 30.4 Å². The molecule has 3 amide bonds. The van der Waals surface area contributed by atoms with E-state index >= 15 is 0 Å². The number of hydrogen-bond donors (Lipinski definition) is 1. The van der Waals surface area contributed by atoms with E-state index in [1.165, 1.54) is 0 Å². The SMILES string of the molecule is CCN1CCN(C[C@@H](O)[C@@H]2Cc3ccccc3CN2C(=O)OC(C)(C)C)C(=O)c2ccc(C(=O)N3C4CCC3COC4)cc21. The van der Waals surface area contributed by atoms with E-state index in [1.54, 1.807) is 21.9 Å². The summed E-state index contributed by atoms with van der Waals surface area (Å²) in [6.07, 6.45) is 0.901. The number of ether oxygens (including phenoxy) is 2. The molecule has 0 aromatic heterocycles. The summed E-state index contributed by atoms with van der Waals surface area (Å²) in [5.74, 6) is -0.205. The number of hydrogen-bond acceptors (Lipinski definition) is 7. The first-order chi connectivity index (χ1) is 21.0. The number of rotatable bonds is 5. The quantitative estimate of drug-likeness (QED) is 0.556. The van der Waals surface area contributed by atoms with Gasteiger partial charge >= 0.3 is 6.09 Å². The highest BCUT2D eigenvalue weighted by Gasteiger charge is 2.42. The molecular formula is C34H44N4O6. The summed E-state index contributed by atoms with van der Waals surface area (Å²) < 4.78 is 11.4. The van der Waals surface area contributed by atoms with Gasteiger partial charge in [-0.05, 0) is 76.3 Å². The second-order valence-corrected chi connectivity index (χ2v) is 13.4. The van der Waals surface area contributed by atoms with Crippen LogP contribution in [-0.2, 0) is 22.4 Å². The Balaban J connectivity index is 1.23. The number of fused-ring (bicyclic) bond motifs is 4. The van der Waals surface area contributed by atoms with Crippen molar-refractivity contribution < 1.29 is 29.0 Å². The third-order valence-electron chi connectivity index (χ3n) is 9.37. The number of nitrogens with zero attached hydrogens (tertiary/aromatic N) is 4. The van der Waals surface area contributed by atoms with Crippen molar-refractivity contribution in [1.82, 2.24) is 14.7 Å². The Bertz CT molecular complexity index is 1410. The van der Waals surface area contributed by atoms with Gasteiger partial charge in [0.2, 0.25) is 0 Å². The zero-order valence-corrected chi connectivity index (χ0v) is 26.2. The van der Waals surface area contributed by atoms with Crippen molar-refractivity contribution in [3.05, 3.63) is 64.7 Å². The fourth-order valence-corrected chi connectivity index (χ4v) is 7.11. The number of morpholine rings is 1. The first-order valence-electron chi connectivity index (χ1n) is 15.9. The molecule has 0 saturated carbocycles. The van der Waals surface area contributed by atoms with Gasteiger partial charge in [0.15, 0.2) is 0 Å². The smallest absolute Gasteiger partial charge is 0.410 e. The molecular weight excluding hydrogens is 560 g/mol. The van der Waals surface area contributed by atoms with Gasteiger partial charge in [-0.3, -0.25) is 14.5 Å². The maximum Gasteiger partial charge on any atom is 0.410 e. The van der Waals surface area contributed by atoms with Gasteiger partial charge in [-0.25, -0.2) is 4.79 Å². The molecule has 2 aromatic rings. The summed E-state index contributed by atoms with van der Waals surface area (Å²) in [6, 6.07) is 12.9. The Morgan fingerprint density at radius 1 is 1.02 bits per heavy atom. The monoisotopic (exact) mass is 604 g/mol. The predicted molar refractivity (Wildman–Crippen MR) is 166 cm³/mol. The number of amides is 3. The summed E-state index contributed by atoms with van der Waals surface area (Å²) in [6.45, 7) is 10.7. The number of carbonyl (C=O) groups excluding carboxylic acids is 3. The molecule has 2 saturated heterocycles. The van der Waals surface area contributed by atoms with E-state index in [0.717, 1.165) is 29.7 Å². The standard InChI is InChI=1S/C34H44N4O6/c1-5-35-14-15-36(19-30(39)29-16-22-8-6-7-9-24(22)18-37(29)33(42)44-34(2,3)4)32(41)27-13-10-23(17-28(27)35)31(40)38-25-11-12-26(38)21-43-20-25/h6-10,13,17,25-26,29-30,39H,5,11-12,14-16,18-21H2,1-4H3/t25?,26?,29-,30+/m0/s1. The summed E-state index contributed by atoms with van der Waals surface area (Å²) in [7, 11) is 0. The van der Waals surface area contributed by atoms with Crippen molar-refractivity contribution in [2.45, 2.75) is 83.3 Å². The van der Waals surface area contributed by atoms with Crippen LogP contribution in [0.5, 0.6) is 0 Å². The van der Waals surface area contributed by atoms with E-state index in [0.29, 0.717) is 56.9 Å². The predicted octanol–water partition coefficient (Wildman–Crippen LogP) is 3.70. The van der Waals surface area contributed by atoms with Crippen LogP contribution in [0, 0.1) is 0 Å². The fraction of sp³-hybridized carbons (Fsp3) is 0.559. The number of aliphatic hydroxyl groups is 1. The number of β-amino-alcohol motifs (C(OH)–C–C–N with tert-alkyl or cyclic N) is 1. The molecule has 2 bridgehead atoms. The largest absolute Gasteiger partial charge is 0.444 e. The maximum absolute atomic E-state index is 14.0. The van der Waals surface area contributed by atoms with E-state index in [1.807, 2.05) is 62.9 Å². The lowest BCUT2D eigenvalue weighted by molar-refractivity contribution is -0.0177. The van der Waals surface area contributed by atoms with Crippen molar-refractivity contribution >= 4 is 23.6 Å². The topological polar surface area (TPSA) is 103 Å². The zero-order chi connectivity index (χ0) is 31.2. The van der Waals surface area contributed by atoms with Gasteiger partial charge in [0.25, 0.3) is 11.8 Å². The minimum Gasteiger partial charge on any atom is -0.444 e. The Morgan fingerprint density at radius 3 is 2.39 bits per heavy atom. The van der Waals surface area contributed by atoms with Crippen molar-refractivity contribution in [3.8, 4) is 0 Å². The van der Waals surface area contributed by atoms with Crippen LogP contribution in [-0.4, -0.2) is 107 Å². The number of benzene rings is 2. The number of likely N-dealkylation sites (N-methyl/N-ethyl adjacent to an activating group) is 1. The Labute approximate surface area is 259 Å². The molecule has 4 aliphatic rings. The Kier molecular flexibility index (Phi) is 8.32. The van der Waals surface area contributed by atoms with Gasteiger partial charge in [0.1, 0.15) is 5.60 Å². The van der Waals surface area contributed by atoms with E-state index in [4.69, 9.17) is 9.47 Å². The second-order valence-electron chi connectivity index (χ2n) is 13.4. The van der Waals surface area contributed by atoms with Gasteiger partial charge in [0, 0.05) is 38.3 Å². The highest BCUT2D eigenvalue weighted by Crippen LogP contribution is 2.33. The fourth-order valence-electron chi connectivity index (χ4n) is 7.11. The van der Waals surface area contributed by atoms with Crippen molar-refractivity contribution in [2.75, 3.05) is 44.3 Å². The molecule has 0 aliphatic carbocycles. The normalized spacial score (nSPS) is 24.0. The molecule has 4 aliphatic heterocycles. The van der Waals surface area contributed by atoms with Crippen molar-refractivity contribution in [3.63, 3.8) is 0 Å². The molecule has 10 heteroatoms. The van der Waals surface area contributed by atoms with Gasteiger partial charge in [-0.2, -0.15) is 0 Å². The van der Waals surface area contributed by atoms with Crippen LogP contribution in [0.4, 0.5) is 10.5 Å². The third kappa shape index (κ3) is 5.89. The van der Waals surface area contributed by atoms with Crippen LogP contribution in [0.25, 0.3) is 0 Å². The number of anilines is 1. The van der Waals surface area contributed by atoms with Crippen LogP contribution < -0.4 is 4.90 Å². The highest BCUT2D eigenvalue weighted by molar-refractivity contribution is 6.03. The summed E-state index contributed by atoms with van der Waals surface area (Å²) in [4.78, 5) is 48.3. The van der Waals surface area contributed by atoms with E-state index in [2.05, 4.69) is 4.90 Å². The number of carbonyl (C=O) groups is 3. The molecule has 236 valence electrons. The van der Waals surface area contributed by atoms with Crippen LogP contribution in [0.3, 0.4) is 0 Å². The summed E-state index contributed by atoms with van der Waals surface area (Å²) in [5, 5.41) is 11.6. The van der Waals surface area contributed by atoms with Crippen LogP contribution in [0.15, 0.2) is 42.5 Å². The minimum atomic E-state index is -0.992. The molecule has 4 atom stereocenters. The first kappa shape index (κ1) is 30.4. The first-order valence-corrected chi connectivity index (χ1v) is 15.9. The number of aliphatic hydroxyl groups excluding tert-OH is 1. The average molecular weight is 605 g/mol. The third-order valence-corrected chi connectivity index (χ3v) is 9.37. The van der Waals surface area contributed by atoms with Gasteiger partial charge in [0.05, 0.1) is 48.7 Å².